The first-order chi connectivity index (χ1) is 10.2. The third-order valence-corrected chi connectivity index (χ3v) is 5.74. The van der Waals surface area contributed by atoms with Crippen LogP contribution >= 0.6 is 11.3 Å². The Morgan fingerprint density at radius 2 is 2.10 bits per heavy atom. The van der Waals surface area contributed by atoms with Gasteiger partial charge in [0.25, 0.3) is 0 Å². The van der Waals surface area contributed by atoms with Gasteiger partial charge in [0, 0.05) is 10.9 Å². The average molecular weight is 304 g/mol. The van der Waals surface area contributed by atoms with Crippen LogP contribution in [0.1, 0.15) is 50.8 Å². The zero-order valence-electron chi connectivity index (χ0n) is 12.9. The Morgan fingerprint density at radius 3 is 2.86 bits per heavy atom. The van der Waals surface area contributed by atoms with Crippen molar-refractivity contribution in [3.05, 3.63) is 10.9 Å². The number of nitrogens with one attached hydrogen (secondary N) is 1. The number of nitrogens with zero attached hydrogens (tertiary/aromatic N) is 2. The van der Waals surface area contributed by atoms with E-state index in [2.05, 4.69) is 35.2 Å². The maximum atomic E-state index is 5.89. The van der Waals surface area contributed by atoms with E-state index in [1.54, 1.807) is 11.3 Å². The number of anilines is 2. The molecular weight excluding hydrogens is 280 g/mol. The van der Waals surface area contributed by atoms with E-state index in [4.69, 9.17) is 5.73 Å². The van der Waals surface area contributed by atoms with Gasteiger partial charge in [-0.2, -0.15) is 4.98 Å². The van der Waals surface area contributed by atoms with Crippen molar-refractivity contribution in [2.75, 3.05) is 11.1 Å². The molecule has 2 heterocycles. The highest BCUT2D eigenvalue weighted by Gasteiger charge is 2.24. The van der Waals surface area contributed by atoms with E-state index in [0.29, 0.717) is 12.0 Å². The van der Waals surface area contributed by atoms with Crippen LogP contribution < -0.4 is 11.1 Å². The molecule has 0 bridgehead atoms. The van der Waals surface area contributed by atoms with Crippen LogP contribution in [-0.4, -0.2) is 16.0 Å². The van der Waals surface area contributed by atoms with Gasteiger partial charge in [-0.3, -0.25) is 0 Å². The number of nitrogens with two attached hydrogens (primary N) is 1. The van der Waals surface area contributed by atoms with Crippen LogP contribution in [0.15, 0.2) is 6.07 Å². The predicted octanol–water partition coefficient (Wildman–Crippen LogP) is 4.22. The van der Waals surface area contributed by atoms with Crippen LogP contribution in [0, 0.1) is 5.92 Å². The summed E-state index contributed by atoms with van der Waals surface area (Å²) in [6, 6.07) is 2.73. The SMILES string of the molecule is CCc1cc2c(NC3CCCCC3CC)nc(N)nc2s1. The number of hydrogen-bond donors (Lipinski definition) is 2. The predicted molar refractivity (Wildman–Crippen MR) is 90.9 cm³/mol. The standard InChI is InChI=1S/C16H24N4S/c1-3-10-7-5-6-8-13(10)18-14-12-9-11(4-2)21-15(12)20-16(17)19-14/h9-10,13H,3-8H2,1-2H3,(H3,17,18,19,20). The molecule has 21 heavy (non-hydrogen) atoms. The lowest BCUT2D eigenvalue weighted by Crippen LogP contribution is -2.32. The third-order valence-electron chi connectivity index (χ3n) is 4.57. The Bertz CT molecular complexity index is 622. The maximum absolute atomic E-state index is 5.89. The molecule has 0 saturated heterocycles. The molecular formula is C16H24N4S. The van der Waals surface area contributed by atoms with E-state index >= 15 is 0 Å². The van der Waals surface area contributed by atoms with Crippen molar-refractivity contribution in [1.82, 2.24) is 9.97 Å². The molecule has 0 aliphatic heterocycles. The topological polar surface area (TPSA) is 63.8 Å². The first-order valence-electron chi connectivity index (χ1n) is 8.03. The molecule has 1 aliphatic rings. The highest BCUT2D eigenvalue weighted by molar-refractivity contribution is 7.18. The molecule has 3 N–H and O–H groups in total. The summed E-state index contributed by atoms with van der Waals surface area (Å²) in [6.45, 7) is 4.46. The highest BCUT2D eigenvalue weighted by atomic mass is 32.1. The summed E-state index contributed by atoms with van der Waals surface area (Å²) in [5.41, 5.74) is 5.89. The Morgan fingerprint density at radius 1 is 1.29 bits per heavy atom. The van der Waals surface area contributed by atoms with Crippen molar-refractivity contribution < 1.29 is 0 Å². The van der Waals surface area contributed by atoms with Gasteiger partial charge >= 0.3 is 0 Å². The molecule has 2 atom stereocenters. The summed E-state index contributed by atoms with van der Waals surface area (Å²) in [7, 11) is 0. The summed E-state index contributed by atoms with van der Waals surface area (Å²) in [5, 5.41) is 4.81. The van der Waals surface area contributed by atoms with Crippen molar-refractivity contribution in [2.24, 2.45) is 5.92 Å². The van der Waals surface area contributed by atoms with Crippen molar-refractivity contribution in [3.63, 3.8) is 0 Å². The molecule has 2 aromatic heterocycles. The minimum absolute atomic E-state index is 0.373. The van der Waals surface area contributed by atoms with Crippen LogP contribution in [0.4, 0.5) is 11.8 Å². The molecule has 5 heteroatoms. The first kappa shape index (κ1) is 14.6. The number of rotatable bonds is 4. The fourth-order valence-corrected chi connectivity index (χ4v) is 4.31. The fraction of sp³-hybridized carbons (Fsp3) is 0.625. The normalized spacial score (nSPS) is 22.6. The van der Waals surface area contributed by atoms with Gasteiger partial charge in [-0.05, 0) is 31.2 Å². The summed E-state index contributed by atoms with van der Waals surface area (Å²) >= 11 is 1.72. The molecule has 0 radical (unpaired) electrons. The lowest BCUT2D eigenvalue weighted by atomic mass is 9.83. The molecule has 3 rings (SSSR count). The summed E-state index contributed by atoms with van der Waals surface area (Å²) in [4.78, 5) is 11.2. The van der Waals surface area contributed by atoms with Crippen molar-refractivity contribution in [2.45, 2.75) is 58.4 Å². The molecule has 2 aromatic rings. The van der Waals surface area contributed by atoms with Crippen LogP contribution in [0.25, 0.3) is 10.2 Å². The maximum Gasteiger partial charge on any atom is 0.223 e. The van der Waals surface area contributed by atoms with E-state index < -0.39 is 0 Å². The number of nitrogen functional groups attached to an aromatic ring is 1. The second-order valence-electron chi connectivity index (χ2n) is 5.92. The second-order valence-corrected chi connectivity index (χ2v) is 7.03. The Balaban J connectivity index is 1.93. The quantitative estimate of drug-likeness (QED) is 0.888. The summed E-state index contributed by atoms with van der Waals surface area (Å²) in [6.07, 6.45) is 7.47. The lowest BCUT2D eigenvalue weighted by Gasteiger charge is -2.32. The number of fused-ring (bicyclic) bond motifs is 1. The monoisotopic (exact) mass is 304 g/mol. The van der Waals surface area contributed by atoms with Gasteiger partial charge in [0.2, 0.25) is 5.95 Å². The highest BCUT2D eigenvalue weighted by Crippen LogP contribution is 2.33. The van der Waals surface area contributed by atoms with Crippen molar-refractivity contribution >= 4 is 33.3 Å². The van der Waals surface area contributed by atoms with Crippen LogP contribution in [0.2, 0.25) is 0 Å². The molecule has 0 aromatic carbocycles. The first-order valence-corrected chi connectivity index (χ1v) is 8.85. The van der Waals surface area contributed by atoms with Gasteiger partial charge in [-0.25, -0.2) is 4.98 Å². The third kappa shape index (κ3) is 2.98. The van der Waals surface area contributed by atoms with Crippen LogP contribution in [-0.2, 0) is 6.42 Å². The number of hydrogen-bond acceptors (Lipinski definition) is 5. The van der Waals surface area contributed by atoms with Gasteiger partial charge in [0.15, 0.2) is 0 Å². The van der Waals surface area contributed by atoms with Gasteiger partial charge < -0.3 is 11.1 Å². The zero-order chi connectivity index (χ0) is 14.8. The van der Waals surface area contributed by atoms with Gasteiger partial charge in [0.1, 0.15) is 10.6 Å². The van der Waals surface area contributed by atoms with E-state index in [1.807, 2.05) is 0 Å². The van der Waals surface area contributed by atoms with Crippen LogP contribution in [0.3, 0.4) is 0 Å². The number of aryl methyl sites for hydroxylation is 1. The van der Waals surface area contributed by atoms with Crippen molar-refractivity contribution in [1.29, 1.82) is 0 Å². The molecule has 0 amide bonds. The van der Waals surface area contributed by atoms with E-state index in [1.165, 1.54) is 37.0 Å². The minimum atomic E-state index is 0.373. The molecule has 0 spiro atoms. The van der Waals surface area contributed by atoms with Crippen LogP contribution in [0.5, 0.6) is 0 Å². The van der Waals surface area contributed by atoms with Gasteiger partial charge in [0.05, 0.1) is 5.39 Å². The molecule has 4 nitrogen and oxygen atoms in total. The Hall–Kier alpha value is -1.36. The molecule has 1 saturated carbocycles. The Kier molecular flexibility index (Phi) is 4.29. The molecule has 1 aliphatic carbocycles. The smallest absolute Gasteiger partial charge is 0.223 e. The zero-order valence-corrected chi connectivity index (χ0v) is 13.7. The minimum Gasteiger partial charge on any atom is -0.368 e. The van der Waals surface area contributed by atoms with E-state index in [9.17, 15) is 0 Å². The lowest BCUT2D eigenvalue weighted by molar-refractivity contribution is 0.317. The summed E-state index contributed by atoms with van der Waals surface area (Å²) < 4.78 is 0. The summed E-state index contributed by atoms with van der Waals surface area (Å²) in [5.74, 6) is 2.05. The number of thiophene rings is 1. The Labute approximate surface area is 130 Å². The van der Waals surface area contributed by atoms with Crippen molar-refractivity contribution in [3.8, 4) is 0 Å². The molecule has 2 unspecified atom stereocenters. The fourth-order valence-electron chi connectivity index (χ4n) is 3.33. The largest absolute Gasteiger partial charge is 0.368 e. The molecule has 1 fully saturated rings. The average Bonchev–Trinajstić information content (AvgIpc) is 2.91. The van der Waals surface area contributed by atoms with Gasteiger partial charge in [-0.1, -0.05) is 33.1 Å². The second kappa shape index (κ2) is 6.18. The van der Waals surface area contributed by atoms with E-state index in [-0.39, 0.29) is 0 Å². The number of aromatic nitrogens is 2. The van der Waals surface area contributed by atoms with Gasteiger partial charge in [-0.15, -0.1) is 11.3 Å². The molecule has 114 valence electrons. The van der Waals surface area contributed by atoms with E-state index in [0.717, 1.165) is 28.4 Å².